The first-order valence-corrected chi connectivity index (χ1v) is 6.89. The second kappa shape index (κ2) is 6.54. The maximum absolute atomic E-state index is 11.7. The van der Waals surface area contributed by atoms with Crippen molar-refractivity contribution in [3.63, 3.8) is 0 Å². The number of aryl methyl sites for hydroxylation is 1. The number of nitrogens with one attached hydrogen (secondary N) is 1. The summed E-state index contributed by atoms with van der Waals surface area (Å²) in [5, 5.41) is 6.69. The zero-order valence-corrected chi connectivity index (χ0v) is 12.5. The molecule has 0 saturated heterocycles. The number of carbonyl (C=O) groups excluding carboxylic acids is 1. The van der Waals surface area contributed by atoms with Crippen LogP contribution in [-0.4, -0.2) is 22.8 Å². The third-order valence-corrected chi connectivity index (χ3v) is 3.31. The van der Waals surface area contributed by atoms with E-state index >= 15 is 0 Å². The summed E-state index contributed by atoms with van der Waals surface area (Å²) in [5.41, 5.74) is 2.22. The van der Waals surface area contributed by atoms with Crippen molar-refractivity contribution in [2.75, 3.05) is 6.61 Å². The molecular weight excluding hydrogens is 292 g/mol. The summed E-state index contributed by atoms with van der Waals surface area (Å²) in [6.07, 6.45) is 0.376. The molecule has 6 heteroatoms. The van der Waals surface area contributed by atoms with E-state index in [1.54, 1.807) is 38.1 Å². The number of halogens is 1. The molecule has 0 fully saturated rings. The lowest BCUT2D eigenvalue weighted by molar-refractivity contribution is 0.0526. The predicted octanol–water partition coefficient (Wildman–Crippen LogP) is 2.50. The molecule has 0 spiro atoms. The molecule has 1 heterocycles. The number of aromatic amines is 1. The number of nitrogens with zero attached hydrogens (tertiary/aromatic N) is 1. The summed E-state index contributed by atoms with van der Waals surface area (Å²) >= 11 is 6.18. The molecule has 0 unspecified atom stereocenters. The van der Waals surface area contributed by atoms with Crippen LogP contribution in [0.5, 0.6) is 0 Å². The van der Waals surface area contributed by atoms with Crippen molar-refractivity contribution in [1.29, 1.82) is 0 Å². The van der Waals surface area contributed by atoms with Gasteiger partial charge in [0.25, 0.3) is 5.56 Å². The number of H-pyrrole nitrogens is 1. The van der Waals surface area contributed by atoms with Gasteiger partial charge in [-0.05, 0) is 37.6 Å². The van der Waals surface area contributed by atoms with Gasteiger partial charge in [-0.25, -0.2) is 9.89 Å². The highest BCUT2D eigenvalue weighted by Gasteiger charge is 2.11. The second-order valence-corrected chi connectivity index (χ2v) is 4.97. The Morgan fingerprint density at radius 3 is 2.76 bits per heavy atom. The molecule has 0 aliphatic carbocycles. The normalized spacial score (nSPS) is 10.4. The molecule has 1 aromatic carbocycles. The summed E-state index contributed by atoms with van der Waals surface area (Å²) in [5.74, 6) is -0.413. The molecule has 5 nitrogen and oxygen atoms in total. The maximum atomic E-state index is 11.7. The van der Waals surface area contributed by atoms with E-state index in [2.05, 4.69) is 10.2 Å². The van der Waals surface area contributed by atoms with Crippen molar-refractivity contribution in [3.8, 4) is 0 Å². The fraction of sp³-hybridized carbons (Fsp3) is 0.267. The number of aromatic nitrogens is 2. The van der Waals surface area contributed by atoms with Crippen molar-refractivity contribution in [1.82, 2.24) is 10.2 Å². The van der Waals surface area contributed by atoms with Crippen molar-refractivity contribution < 1.29 is 9.53 Å². The fourth-order valence-electron chi connectivity index (χ4n) is 1.93. The molecule has 0 aliphatic rings. The topological polar surface area (TPSA) is 72.0 Å². The van der Waals surface area contributed by atoms with E-state index in [9.17, 15) is 9.59 Å². The summed E-state index contributed by atoms with van der Waals surface area (Å²) in [6, 6.07) is 6.64. The van der Waals surface area contributed by atoms with Crippen LogP contribution in [0.25, 0.3) is 0 Å². The molecule has 1 N–H and O–H groups in total. The van der Waals surface area contributed by atoms with Gasteiger partial charge in [-0.3, -0.25) is 4.79 Å². The van der Waals surface area contributed by atoms with Crippen molar-refractivity contribution in [2.24, 2.45) is 0 Å². The quantitative estimate of drug-likeness (QED) is 0.881. The molecule has 0 radical (unpaired) electrons. The van der Waals surface area contributed by atoms with Crippen LogP contribution in [0.3, 0.4) is 0 Å². The minimum absolute atomic E-state index is 0.244. The van der Waals surface area contributed by atoms with E-state index in [0.717, 1.165) is 11.3 Å². The van der Waals surface area contributed by atoms with Crippen LogP contribution in [0.2, 0.25) is 5.02 Å². The van der Waals surface area contributed by atoms with Gasteiger partial charge in [-0.15, -0.1) is 0 Å². The lowest BCUT2D eigenvalue weighted by Crippen LogP contribution is -2.15. The SMILES string of the molecule is CCOC(=O)c1ccc(Cc2cc(C)n[nH]c2=O)c(Cl)c1. The molecule has 1 aromatic heterocycles. The Hall–Kier alpha value is -2.14. The van der Waals surface area contributed by atoms with Crippen molar-refractivity contribution >= 4 is 17.6 Å². The van der Waals surface area contributed by atoms with Crippen LogP contribution in [-0.2, 0) is 11.2 Å². The molecule has 0 bridgehead atoms. The largest absolute Gasteiger partial charge is 0.462 e. The minimum Gasteiger partial charge on any atom is -0.462 e. The van der Waals surface area contributed by atoms with Gasteiger partial charge in [0.05, 0.1) is 17.9 Å². The molecular formula is C15H15ClN2O3. The number of esters is 1. The lowest BCUT2D eigenvalue weighted by atomic mass is 10.0. The Bertz CT molecular complexity index is 725. The number of hydrogen-bond acceptors (Lipinski definition) is 4. The van der Waals surface area contributed by atoms with Crippen LogP contribution in [0.4, 0.5) is 0 Å². The first kappa shape index (κ1) is 15.3. The predicted molar refractivity (Wildman–Crippen MR) is 79.8 cm³/mol. The molecule has 21 heavy (non-hydrogen) atoms. The third-order valence-electron chi connectivity index (χ3n) is 2.95. The molecule has 110 valence electrons. The minimum atomic E-state index is -0.413. The zero-order valence-electron chi connectivity index (χ0n) is 11.8. The van der Waals surface area contributed by atoms with Crippen molar-refractivity contribution in [3.05, 3.63) is 62.0 Å². The maximum Gasteiger partial charge on any atom is 0.338 e. The highest BCUT2D eigenvalue weighted by Crippen LogP contribution is 2.20. The van der Waals surface area contributed by atoms with Gasteiger partial charge in [0.2, 0.25) is 0 Å². The first-order valence-electron chi connectivity index (χ1n) is 6.52. The van der Waals surface area contributed by atoms with E-state index in [4.69, 9.17) is 16.3 Å². The number of benzene rings is 1. The summed E-state index contributed by atoms with van der Waals surface area (Å²) in [7, 11) is 0. The van der Waals surface area contributed by atoms with Gasteiger partial charge in [0.1, 0.15) is 0 Å². The summed E-state index contributed by atoms with van der Waals surface area (Å²) in [4.78, 5) is 23.3. The second-order valence-electron chi connectivity index (χ2n) is 4.57. The fourth-order valence-corrected chi connectivity index (χ4v) is 2.18. The van der Waals surface area contributed by atoms with Crippen LogP contribution in [0, 0.1) is 6.92 Å². The Balaban J connectivity index is 2.27. The molecule has 0 atom stereocenters. The molecule has 2 aromatic rings. The Kier molecular flexibility index (Phi) is 4.75. The average molecular weight is 307 g/mol. The Labute approximate surface area is 126 Å². The van der Waals surface area contributed by atoms with Gasteiger partial charge in [0, 0.05) is 17.0 Å². The van der Waals surface area contributed by atoms with E-state index in [1.807, 2.05) is 0 Å². The van der Waals surface area contributed by atoms with Gasteiger partial charge in [-0.2, -0.15) is 5.10 Å². The average Bonchev–Trinajstić information content (AvgIpc) is 2.45. The first-order chi connectivity index (χ1) is 10.0. The van der Waals surface area contributed by atoms with Crippen LogP contribution in [0.1, 0.15) is 34.1 Å². The lowest BCUT2D eigenvalue weighted by Gasteiger charge is -2.07. The van der Waals surface area contributed by atoms with Crippen LogP contribution >= 0.6 is 11.6 Å². The Morgan fingerprint density at radius 1 is 1.33 bits per heavy atom. The van der Waals surface area contributed by atoms with Gasteiger partial charge >= 0.3 is 5.97 Å². The number of carbonyl (C=O) groups is 1. The third kappa shape index (κ3) is 3.70. The van der Waals surface area contributed by atoms with Crippen LogP contribution in [0.15, 0.2) is 29.1 Å². The molecule has 2 rings (SSSR count). The Morgan fingerprint density at radius 2 is 2.10 bits per heavy atom. The van der Waals surface area contributed by atoms with Crippen molar-refractivity contribution in [2.45, 2.75) is 20.3 Å². The number of rotatable bonds is 4. The summed E-state index contributed by atoms with van der Waals surface area (Å²) < 4.78 is 4.92. The summed E-state index contributed by atoms with van der Waals surface area (Å²) in [6.45, 7) is 3.85. The van der Waals surface area contributed by atoms with Crippen LogP contribution < -0.4 is 5.56 Å². The monoisotopic (exact) mass is 306 g/mol. The highest BCUT2D eigenvalue weighted by molar-refractivity contribution is 6.31. The van der Waals surface area contributed by atoms with E-state index in [1.165, 1.54) is 0 Å². The molecule has 0 saturated carbocycles. The number of hydrogen-bond donors (Lipinski definition) is 1. The van der Waals surface area contributed by atoms with Gasteiger partial charge < -0.3 is 4.74 Å². The smallest absolute Gasteiger partial charge is 0.338 e. The molecule has 0 amide bonds. The van der Waals surface area contributed by atoms with E-state index in [0.29, 0.717) is 29.2 Å². The highest BCUT2D eigenvalue weighted by atomic mass is 35.5. The van der Waals surface area contributed by atoms with E-state index < -0.39 is 5.97 Å². The van der Waals surface area contributed by atoms with Gasteiger partial charge in [0.15, 0.2) is 0 Å². The number of ether oxygens (including phenoxy) is 1. The zero-order chi connectivity index (χ0) is 15.4. The standard InChI is InChI=1S/C15H15ClN2O3/c1-3-21-15(20)11-5-4-10(13(16)8-11)7-12-6-9(2)17-18-14(12)19/h4-6,8H,3,7H2,1-2H3,(H,18,19). The molecule has 0 aliphatic heterocycles. The van der Waals surface area contributed by atoms with E-state index in [-0.39, 0.29) is 5.56 Å². The van der Waals surface area contributed by atoms with Gasteiger partial charge in [-0.1, -0.05) is 17.7 Å².